The van der Waals surface area contributed by atoms with Gasteiger partial charge in [-0.15, -0.1) is 0 Å². The van der Waals surface area contributed by atoms with Crippen molar-refractivity contribution in [2.75, 3.05) is 4.43 Å². The van der Waals surface area contributed by atoms with Gasteiger partial charge in [0.15, 0.2) is 0 Å². The number of hydrogen-bond donors (Lipinski definition) is 0. The lowest BCUT2D eigenvalue weighted by atomic mass is 10.1. The third-order valence-corrected chi connectivity index (χ3v) is 2.93. The van der Waals surface area contributed by atoms with Crippen LogP contribution in [0.4, 0.5) is 0 Å². The molecule has 0 aromatic heterocycles. The standard InChI is InChI=1S/C12H16ClIO/c1-12(2,3)15-11(8-14)9-4-6-10(13)7-5-9/h4-7,11H,8H2,1-3H3. The molecule has 1 unspecified atom stereocenters. The van der Waals surface area contributed by atoms with Crippen molar-refractivity contribution in [3.05, 3.63) is 34.9 Å². The number of rotatable bonds is 3. The van der Waals surface area contributed by atoms with Crippen LogP contribution in [0.5, 0.6) is 0 Å². The van der Waals surface area contributed by atoms with E-state index in [0.29, 0.717) is 0 Å². The topological polar surface area (TPSA) is 9.23 Å². The predicted octanol–water partition coefficient (Wildman–Crippen LogP) is 4.63. The van der Waals surface area contributed by atoms with Crippen LogP contribution < -0.4 is 0 Å². The van der Waals surface area contributed by atoms with Gasteiger partial charge in [0.2, 0.25) is 0 Å². The second-order valence-electron chi connectivity index (χ2n) is 4.42. The molecule has 0 N–H and O–H groups in total. The summed E-state index contributed by atoms with van der Waals surface area (Å²) in [6.07, 6.45) is 0.142. The molecule has 0 amide bonds. The highest BCUT2D eigenvalue weighted by atomic mass is 127. The molecule has 0 radical (unpaired) electrons. The van der Waals surface area contributed by atoms with Gasteiger partial charge in [0, 0.05) is 9.45 Å². The summed E-state index contributed by atoms with van der Waals surface area (Å²) < 4.78 is 6.90. The molecule has 3 heteroatoms. The lowest BCUT2D eigenvalue weighted by Crippen LogP contribution is -2.23. The SMILES string of the molecule is CC(C)(C)OC(CI)c1ccc(Cl)cc1. The number of halogens is 2. The van der Waals surface area contributed by atoms with E-state index in [1.165, 1.54) is 5.56 Å². The monoisotopic (exact) mass is 338 g/mol. The molecule has 1 aromatic rings. The number of hydrogen-bond acceptors (Lipinski definition) is 1. The highest BCUT2D eigenvalue weighted by molar-refractivity contribution is 14.1. The summed E-state index contributed by atoms with van der Waals surface area (Å²) in [5.41, 5.74) is 1.07. The first-order chi connectivity index (χ1) is 6.92. The third kappa shape index (κ3) is 4.70. The summed E-state index contributed by atoms with van der Waals surface area (Å²) in [6.45, 7) is 6.21. The average Bonchev–Trinajstić information content (AvgIpc) is 2.14. The van der Waals surface area contributed by atoms with Crippen LogP contribution in [0.25, 0.3) is 0 Å². The molecule has 15 heavy (non-hydrogen) atoms. The van der Waals surface area contributed by atoms with Gasteiger partial charge >= 0.3 is 0 Å². The van der Waals surface area contributed by atoms with Crippen LogP contribution in [0.3, 0.4) is 0 Å². The van der Waals surface area contributed by atoms with Gasteiger partial charge in [-0.2, -0.15) is 0 Å². The van der Waals surface area contributed by atoms with E-state index in [-0.39, 0.29) is 11.7 Å². The normalized spacial score (nSPS) is 13.9. The predicted molar refractivity (Wildman–Crippen MR) is 73.9 cm³/mol. The molecule has 1 nitrogen and oxygen atoms in total. The van der Waals surface area contributed by atoms with Crippen molar-refractivity contribution >= 4 is 34.2 Å². The minimum absolute atomic E-state index is 0.116. The molecule has 1 rings (SSSR count). The fourth-order valence-corrected chi connectivity index (χ4v) is 2.11. The van der Waals surface area contributed by atoms with Crippen LogP contribution in [0.1, 0.15) is 32.4 Å². The molecule has 0 heterocycles. The summed E-state index contributed by atoms with van der Waals surface area (Å²) in [6, 6.07) is 7.86. The molecule has 1 aromatic carbocycles. The van der Waals surface area contributed by atoms with E-state index in [1.807, 2.05) is 24.3 Å². The summed E-state index contributed by atoms with van der Waals surface area (Å²) in [7, 11) is 0. The summed E-state index contributed by atoms with van der Waals surface area (Å²) in [5, 5.41) is 0.765. The van der Waals surface area contributed by atoms with Crippen molar-refractivity contribution in [1.82, 2.24) is 0 Å². The molecule has 0 bridgehead atoms. The molecule has 0 aliphatic heterocycles. The molecule has 0 fully saturated rings. The fourth-order valence-electron chi connectivity index (χ4n) is 1.29. The van der Waals surface area contributed by atoms with Gasteiger partial charge in [-0.1, -0.05) is 46.3 Å². The van der Waals surface area contributed by atoms with Gasteiger partial charge in [0.05, 0.1) is 11.7 Å². The highest BCUT2D eigenvalue weighted by Gasteiger charge is 2.19. The largest absolute Gasteiger partial charge is 0.367 e. The van der Waals surface area contributed by atoms with Crippen LogP contribution in [0.2, 0.25) is 5.02 Å². The van der Waals surface area contributed by atoms with Gasteiger partial charge in [-0.05, 0) is 38.5 Å². The summed E-state index contributed by atoms with van der Waals surface area (Å²) in [4.78, 5) is 0. The zero-order valence-corrected chi connectivity index (χ0v) is 12.2. The number of alkyl halides is 1. The molecule has 1 atom stereocenters. The van der Waals surface area contributed by atoms with E-state index in [0.717, 1.165) is 9.45 Å². The highest BCUT2D eigenvalue weighted by Crippen LogP contribution is 2.26. The van der Waals surface area contributed by atoms with Crippen LogP contribution in [0, 0.1) is 0 Å². The Hall–Kier alpha value is 0.200. The zero-order chi connectivity index (χ0) is 11.5. The van der Waals surface area contributed by atoms with Gasteiger partial charge < -0.3 is 4.74 Å². The van der Waals surface area contributed by atoms with E-state index < -0.39 is 0 Å². The molecule has 0 saturated heterocycles. The maximum absolute atomic E-state index is 5.96. The quantitative estimate of drug-likeness (QED) is 0.577. The Bertz CT molecular complexity index is 302. The first kappa shape index (κ1) is 13.3. The van der Waals surface area contributed by atoms with Gasteiger partial charge in [-0.25, -0.2) is 0 Å². The minimum atomic E-state index is -0.116. The number of benzene rings is 1. The molecule has 84 valence electrons. The van der Waals surface area contributed by atoms with E-state index in [4.69, 9.17) is 16.3 Å². The lowest BCUT2D eigenvalue weighted by molar-refractivity contribution is -0.0493. The second kappa shape index (κ2) is 5.51. The molecular formula is C12H16ClIO. The first-order valence-corrected chi connectivity index (χ1v) is 6.82. The smallest absolute Gasteiger partial charge is 0.0921 e. The maximum atomic E-state index is 5.96. The van der Waals surface area contributed by atoms with Crippen LogP contribution >= 0.6 is 34.2 Å². The third-order valence-electron chi connectivity index (χ3n) is 1.88. The first-order valence-electron chi connectivity index (χ1n) is 4.91. The van der Waals surface area contributed by atoms with E-state index in [9.17, 15) is 0 Å². The fraction of sp³-hybridized carbons (Fsp3) is 0.500. The molecule has 0 saturated carbocycles. The molecule has 0 aliphatic rings. The summed E-state index contributed by atoms with van der Waals surface area (Å²) >= 11 is 8.19. The van der Waals surface area contributed by atoms with Crippen molar-refractivity contribution in [2.45, 2.75) is 32.5 Å². The zero-order valence-electron chi connectivity index (χ0n) is 9.26. The average molecular weight is 339 g/mol. The van der Waals surface area contributed by atoms with E-state index in [1.54, 1.807) is 0 Å². The van der Waals surface area contributed by atoms with Gasteiger partial charge in [0.1, 0.15) is 0 Å². The molecular weight excluding hydrogens is 322 g/mol. The van der Waals surface area contributed by atoms with Crippen molar-refractivity contribution in [3.63, 3.8) is 0 Å². The van der Waals surface area contributed by atoms with Crippen LogP contribution in [-0.4, -0.2) is 10.0 Å². The number of ether oxygens (including phenoxy) is 1. The van der Waals surface area contributed by atoms with Crippen molar-refractivity contribution < 1.29 is 4.74 Å². The second-order valence-corrected chi connectivity index (χ2v) is 5.74. The van der Waals surface area contributed by atoms with Crippen molar-refractivity contribution in [3.8, 4) is 0 Å². The Balaban J connectivity index is 2.79. The molecule has 0 spiro atoms. The van der Waals surface area contributed by atoms with E-state index >= 15 is 0 Å². The Morgan fingerprint density at radius 3 is 2.20 bits per heavy atom. The van der Waals surface area contributed by atoms with Crippen molar-refractivity contribution in [2.24, 2.45) is 0 Å². The Kier molecular flexibility index (Phi) is 4.87. The van der Waals surface area contributed by atoms with Gasteiger partial charge in [-0.3, -0.25) is 0 Å². The molecule has 0 aliphatic carbocycles. The Morgan fingerprint density at radius 1 is 1.27 bits per heavy atom. The minimum Gasteiger partial charge on any atom is -0.367 e. The lowest BCUT2D eigenvalue weighted by Gasteiger charge is -2.26. The van der Waals surface area contributed by atoms with Crippen LogP contribution in [-0.2, 0) is 4.74 Å². The van der Waals surface area contributed by atoms with Gasteiger partial charge in [0.25, 0.3) is 0 Å². The Labute approximate surface area is 110 Å². The summed E-state index contributed by atoms with van der Waals surface area (Å²) in [5.74, 6) is 0. The van der Waals surface area contributed by atoms with E-state index in [2.05, 4.69) is 43.4 Å². The van der Waals surface area contributed by atoms with Crippen LogP contribution in [0.15, 0.2) is 24.3 Å². The maximum Gasteiger partial charge on any atom is 0.0921 e. The van der Waals surface area contributed by atoms with Crippen molar-refractivity contribution in [1.29, 1.82) is 0 Å². The Morgan fingerprint density at radius 2 is 1.80 bits per heavy atom.